The van der Waals surface area contributed by atoms with Gasteiger partial charge in [-0.2, -0.15) is 0 Å². The zero-order valence-electron chi connectivity index (χ0n) is 9.77. The summed E-state index contributed by atoms with van der Waals surface area (Å²) in [4.78, 5) is 21.8. The first kappa shape index (κ1) is 14.9. The van der Waals surface area contributed by atoms with Crippen molar-refractivity contribution in [3.05, 3.63) is 0 Å². The van der Waals surface area contributed by atoms with Gasteiger partial charge in [-0.25, -0.2) is 0 Å². The Hall–Kier alpha value is -1.14. The molecule has 0 aliphatic carbocycles. The fourth-order valence-electron chi connectivity index (χ4n) is 1.22. The quantitative estimate of drug-likeness (QED) is 0.461. The number of carboxylic acid groups (broad SMARTS) is 1. The molecule has 0 saturated heterocycles. The fourth-order valence-corrected chi connectivity index (χ4v) is 1.22. The average molecular weight is 231 g/mol. The van der Waals surface area contributed by atoms with Gasteiger partial charge in [-0.05, 0) is 18.8 Å². The Bertz CT molecular complexity index is 243. The van der Waals surface area contributed by atoms with Crippen molar-refractivity contribution in [2.24, 2.45) is 17.4 Å². The number of carboxylic acids is 1. The SMILES string of the molecule is CC(C)CC(N)C(=O)NCC[C@H](N)C(=O)O. The van der Waals surface area contributed by atoms with Gasteiger partial charge in [0.25, 0.3) is 0 Å². The second kappa shape index (κ2) is 7.19. The van der Waals surface area contributed by atoms with Gasteiger partial charge in [0.05, 0.1) is 6.04 Å². The number of carbonyl (C=O) groups is 2. The molecule has 0 radical (unpaired) electrons. The van der Waals surface area contributed by atoms with Gasteiger partial charge in [0.1, 0.15) is 6.04 Å². The number of carbonyl (C=O) groups excluding carboxylic acids is 1. The second-order valence-corrected chi connectivity index (χ2v) is 4.26. The van der Waals surface area contributed by atoms with Gasteiger partial charge in [0, 0.05) is 6.54 Å². The zero-order chi connectivity index (χ0) is 12.7. The zero-order valence-corrected chi connectivity index (χ0v) is 9.77. The summed E-state index contributed by atoms with van der Waals surface area (Å²) in [5.74, 6) is -0.978. The molecule has 6 heteroatoms. The summed E-state index contributed by atoms with van der Waals surface area (Å²) in [7, 11) is 0. The largest absolute Gasteiger partial charge is 0.480 e. The minimum Gasteiger partial charge on any atom is -0.480 e. The van der Waals surface area contributed by atoms with Crippen LogP contribution in [0, 0.1) is 5.92 Å². The van der Waals surface area contributed by atoms with Crippen molar-refractivity contribution in [2.45, 2.75) is 38.8 Å². The van der Waals surface area contributed by atoms with E-state index in [2.05, 4.69) is 5.32 Å². The molecule has 1 unspecified atom stereocenters. The van der Waals surface area contributed by atoms with E-state index in [1.807, 2.05) is 13.8 Å². The number of hydrogen-bond donors (Lipinski definition) is 4. The molecule has 1 amide bonds. The highest BCUT2D eigenvalue weighted by atomic mass is 16.4. The Morgan fingerprint density at radius 1 is 1.25 bits per heavy atom. The van der Waals surface area contributed by atoms with E-state index in [1.54, 1.807) is 0 Å². The van der Waals surface area contributed by atoms with Gasteiger partial charge in [0.2, 0.25) is 5.91 Å². The molecule has 0 aromatic carbocycles. The van der Waals surface area contributed by atoms with Crippen LogP contribution in [0.25, 0.3) is 0 Å². The van der Waals surface area contributed by atoms with Crippen molar-refractivity contribution >= 4 is 11.9 Å². The minimum atomic E-state index is -1.07. The summed E-state index contributed by atoms with van der Waals surface area (Å²) in [6.07, 6.45) is 0.812. The fraction of sp³-hybridized carbons (Fsp3) is 0.800. The molecule has 0 heterocycles. The van der Waals surface area contributed by atoms with Gasteiger partial charge >= 0.3 is 5.97 Å². The van der Waals surface area contributed by atoms with Gasteiger partial charge in [-0.3, -0.25) is 9.59 Å². The lowest BCUT2D eigenvalue weighted by Crippen LogP contribution is -2.43. The molecule has 2 atom stereocenters. The van der Waals surface area contributed by atoms with Gasteiger partial charge < -0.3 is 21.9 Å². The van der Waals surface area contributed by atoms with Crippen molar-refractivity contribution in [1.82, 2.24) is 5.32 Å². The molecule has 94 valence electrons. The monoisotopic (exact) mass is 231 g/mol. The van der Waals surface area contributed by atoms with Crippen LogP contribution in [0.4, 0.5) is 0 Å². The lowest BCUT2D eigenvalue weighted by molar-refractivity contribution is -0.138. The van der Waals surface area contributed by atoms with Gasteiger partial charge in [-0.15, -0.1) is 0 Å². The molecule has 0 saturated carbocycles. The Kier molecular flexibility index (Phi) is 6.67. The van der Waals surface area contributed by atoms with Crippen LogP contribution in [-0.2, 0) is 9.59 Å². The highest BCUT2D eigenvalue weighted by Gasteiger charge is 2.16. The molecule has 16 heavy (non-hydrogen) atoms. The van der Waals surface area contributed by atoms with Gasteiger partial charge in [0.15, 0.2) is 0 Å². The number of amides is 1. The Morgan fingerprint density at radius 2 is 1.81 bits per heavy atom. The summed E-state index contributed by atoms with van der Waals surface area (Å²) in [5, 5.41) is 11.1. The number of nitrogens with two attached hydrogens (primary N) is 2. The van der Waals surface area contributed by atoms with E-state index < -0.39 is 18.1 Å². The molecule has 0 aromatic rings. The minimum absolute atomic E-state index is 0.204. The third-order valence-corrected chi connectivity index (χ3v) is 2.13. The molecule has 6 nitrogen and oxygen atoms in total. The molecule has 0 bridgehead atoms. The first-order valence-corrected chi connectivity index (χ1v) is 5.36. The summed E-state index contributed by atoms with van der Waals surface area (Å²) in [6.45, 7) is 4.19. The maximum atomic E-state index is 11.4. The molecule has 6 N–H and O–H groups in total. The van der Waals surface area contributed by atoms with E-state index in [1.165, 1.54) is 0 Å². The van der Waals surface area contributed by atoms with Crippen molar-refractivity contribution in [3.63, 3.8) is 0 Å². The maximum Gasteiger partial charge on any atom is 0.320 e. The topological polar surface area (TPSA) is 118 Å². The predicted molar refractivity (Wildman–Crippen MR) is 60.7 cm³/mol. The van der Waals surface area contributed by atoms with Crippen molar-refractivity contribution in [2.75, 3.05) is 6.54 Å². The third kappa shape index (κ3) is 6.36. The number of aliphatic carboxylic acids is 1. The molecule has 0 aromatic heterocycles. The normalized spacial score (nSPS) is 14.6. The van der Waals surface area contributed by atoms with E-state index in [9.17, 15) is 9.59 Å². The van der Waals surface area contributed by atoms with Crippen LogP contribution in [0.15, 0.2) is 0 Å². The molecular formula is C10H21N3O3. The van der Waals surface area contributed by atoms with E-state index >= 15 is 0 Å². The number of nitrogens with one attached hydrogen (secondary N) is 1. The Labute approximate surface area is 95.4 Å². The first-order valence-electron chi connectivity index (χ1n) is 5.36. The molecule has 0 aliphatic rings. The Morgan fingerprint density at radius 3 is 2.25 bits per heavy atom. The van der Waals surface area contributed by atoms with Crippen LogP contribution in [0.1, 0.15) is 26.7 Å². The maximum absolute atomic E-state index is 11.4. The highest BCUT2D eigenvalue weighted by Crippen LogP contribution is 2.02. The number of rotatable bonds is 7. The van der Waals surface area contributed by atoms with E-state index in [0.29, 0.717) is 12.3 Å². The summed E-state index contributed by atoms with van der Waals surface area (Å²) >= 11 is 0. The Balaban J connectivity index is 3.77. The van der Waals surface area contributed by atoms with Crippen LogP contribution in [0.3, 0.4) is 0 Å². The highest BCUT2D eigenvalue weighted by molar-refractivity contribution is 5.81. The van der Waals surface area contributed by atoms with Crippen molar-refractivity contribution in [3.8, 4) is 0 Å². The summed E-state index contributed by atoms with van der Waals surface area (Å²) < 4.78 is 0. The predicted octanol–water partition coefficient (Wildman–Crippen LogP) is -0.722. The van der Waals surface area contributed by atoms with Crippen molar-refractivity contribution in [1.29, 1.82) is 0 Å². The smallest absolute Gasteiger partial charge is 0.320 e. The second-order valence-electron chi connectivity index (χ2n) is 4.26. The third-order valence-electron chi connectivity index (χ3n) is 2.13. The summed E-state index contributed by atoms with van der Waals surface area (Å²) in [6, 6.07) is -1.48. The van der Waals surface area contributed by atoms with Crippen molar-refractivity contribution < 1.29 is 14.7 Å². The van der Waals surface area contributed by atoms with E-state index in [-0.39, 0.29) is 18.9 Å². The first-order chi connectivity index (χ1) is 7.34. The van der Waals surface area contributed by atoms with E-state index in [0.717, 1.165) is 0 Å². The molecule has 0 rings (SSSR count). The molecule has 0 spiro atoms. The van der Waals surface area contributed by atoms with Gasteiger partial charge in [-0.1, -0.05) is 13.8 Å². The van der Waals surface area contributed by atoms with E-state index in [4.69, 9.17) is 16.6 Å². The average Bonchev–Trinajstić information content (AvgIpc) is 2.15. The molecule has 0 fully saturated rings. The van der Waals surface area contributed by atoms with Crippen LogP contribution < -0.4 is 16.8 Å². The lowest BCUT2D eigenvalue weighted by atomic mass is 10.0. The van der Waals surface area contributed by atoms with Crippen LogP contribution in [0.5, 0.6) is 0 Å². The molecule has 0 aliphatic heterocycles. The lowest BCUT2D eigenvalue weighted by Gasteiger charge is -2.14. The summed E-state index contributed by atoms with van der Waals surface area (Å²) in [5.41, 5.74) is 10.9. The van der Waals surface area contributed by atoms with Crippen LogP contribution in [0.2, 0.25) is 0 Å². The molecular weight excluding hydrogens is 210 g/mol. The standard InChI is InChI=1S/C10H21N3O3/c1-6(2)5-8(12)9(14)13-4-3-7(11)10(15)16/h6-8H,3-5,11-12H2,1-2H3,(H,13,14)(H,15,16)/t7-,8?/m0/s1. The van der Waals surface area contributed by atoms with Crippen LogP contribution >= 0.6 is 0 Å². The number of hydrogen-bond acceptors (Lipinski definition) is 4. The van der Waals surface area contributed by atoms with Crippen LogP contribution in [-0.4, -0.2) is 35.6 Å².